The van der Waals surface area contributed by atoms with E-state index in [0.29, 0.717) is 16.8 Å². The average Bonchev–Trinajstić information content (AvgIpc) is 3.00. The Kier molecular flexibility index (Phi) is 4.06. The van der Waals surface area contributed by atoms with Gasteiger partial charge < -0.3 is 4.90 Å². The molecule has 1 atom stereocenters. The van der Waals surface area contributed by atoms with E-state index in [-0.39, 0.29) is 6.03 Å². The third-order valence-corrected chi connectivity index (χ3v) is 3.93. The van der Waals surface area contributed by atoms with E-state index in [9.17, 15) is 4.79 Å². The van der Waals surface area contributed by atoms with Gasteiger partial charge in [-0.2, -0.15) is 0 Å². The highest BCUT2D eigenvalue weighted by molar-refractivity contribution is 6.30. The van der Waals surface area contributed by atoms with E-state index < -0.39 is 0 Å². The molecule has 0 aliphatic carbocycles. The molecule has 0 radical (unpaired) electrons. The normalized spacial score (nSPS) is 17.8. The number of likely N-dealkylation sites (tertiary alicyclic amines) is 1. The smallest absolute Gasteiger partial charge is 0.323 e. The number of urea groups is 1. The molecule has 0 spiro atoms. The Hall–Kier alpha value is -2.07. The van der Waals surface area contributed by atoms with Crippen molar-refractivity contribution in [2.45, 2.75) is 12.3 Å². The number of nitrogens with one attached hydrogen (secondary N) is 1. The predicted octanol–water partition coefficient (Wildman–Crippen LogP) is 3.76. The number of benzene rings is 1. The van der Waals surface area contributed by atoms with Gasteiger partial charge in [0.1, 0.15) is 5.82 Å². The van der Waals surface area contributed by atoms with Crippen molar-refractivity contribution in [1.82, 2.24) is 9.88 Å². The zero-order valence-corrected chi connectivity index (χ0v) is 12.3. The van der Waals surface area contributed by atoms with Crippen LogP contribution in [-0.4, -0.2) is 29.0 Å². The Balaban J connectivity index is 1.61. The summed E-state index contributed by atoms with van der Waals surface area (Å²) in [4.78, 5) is 18.1. The van der Waals surface area contributed by atoms with Crippen molar-refractivity contribution >= 4 is 23.4 Å². The van der Waals surface area contributed by atoms with Crippen LogP contribution in [0.5, 0.6) is 0 Å². The third kappa shape index (κ3) is 3.34. The molecule has 5 heteroatoms. The quantitative estimate of drug-likeness (QED) is 0.918. The molecule has 0 bridgehead atoms. The molecule has 1 N–H and O–H groups in total. The number of pyridine rings is 1. The Morgan fingerprint density at radius 1 is 1.24 bits per heavy atom. The molecule has 1 aliphatic rings. The van der Waals surface area contributed by atoms with Gasteiger partial charge in [-0.05, 0) is 24.1 Å². The second kappa shape index (κ2) is 6.14. The Morgan fingerprint density at radius 2 is 2.05 bits per heavy atom. The number of amides is 2. The highest BCUT2D eigenvalue weighted by Gasteiger charge is 2.27. The van der Waals surface area contributed by atoms with Crippen molar-refractivity contribution in [1.29, 1.82) is 0 Å². The molecule has 1 fully saturated rings. The van der Waals surface area contributed by atoms with Crippen LogP contribution in [0.3, 0.4) is 0 Å². The molecule has 1 aromatic carbocycles. The second-order valence-electron chi connectivity index (χ2n) is 5.13. The van der Waals surface area contributed by atoms with E-state index in [1.165, 1.54) is 11.8 Å². The molecule has 108 valence electrons. The van der Waals surface area contributed by atoms with E-state index >= 15 is 0 Å². The van der Waals surface area contributed by atoms with Gasteiger partial charge in [0.15, 0.2) is 0 Å². The van der Waals surface area contributed by atoms with Crippen LogP contribution in [0.1, 0.15) is 17.9 Å². The third-order valence-electron chi connectivity index (χ3n) is 3.71. The van der Waals surface area contributed by atoms with E-state index in [1.54, 1.807) is 12.1 Å². The SMILES string of the molecule is O=C(Nc1ccc(Cl)cn1)N1CC[C@H](c2ccccc2)C1. The van der Waals surface area contributed by atoms with Gasteiger partial charge in [-0.1, -0.05) is 41.9 Å². The monoisotopic (exact) mass is 301 g/mol. The molecule has 1 saturated heterocycles. The number of anilines is 1. The van der Waals surface area contributed by atoms with Crippen LogP contribution >= 0.6 is 11.6 Å². The molecule has 4 nitrogen and oxygen atoms in total. The van der Waals surface area contributed by atoms with Crippen LogP contribution in [0.15, 0.2) is 48.7 Å². The van der Waals surface area contributed by atoms with Crippen molar-refractivity contribution in [2.75, 3.05) is 18.4 Å². The Bertz CT molecular complexity index is 615. The van der Waals surface area contributed by atoms with Crippen molar-refractivity contribution in [3.05, 3.63) is 59.2 Å². The molecule has 0 saturated carbocycles. The maximum Gasteiger partial charge on any atom is 0.323 e. The molecule has 2 aromatic rings. The van der Waals surface area contributed by atoms with Crippen LogP contribution in [0.4, 0.5) is 10.6 Å². The predicted molar refractivity (Wildman–Crippen MR) is 83.6 cm³/mol. The lowest BCUT2D eigenvalue weighted by atomic mass is 9.99. The first-order valence-corrected chi connectivity index (χ1v) is 7.32. The average molecular weight is 302 g/mol. The summed E-state index contributed by atoms with van der Waals surface area (Å²) < 4.78 is 0. The minimum Gasteiger partial charge on any atom is -0.324 e. The van der Waals surface area contributed by atoms with Gasteiger partial charge in [-0.15, -0.1) is 0 Å². The van der Waals surface area contributed by atoms with Crippen LogP contribution in [0, 0.1) is 0 Å². The fourth-order valence-corrected chi connectivity index (χ4v) is 2.69. The summed E-state index contributed by atoms with van der Waals surface area (Å²) in [6, 6.07) is 13.6. The van der Waals surface area contributed by atoms with E-state index in [1.807, 2.05) is 23.1 Å². The highest BCUT2D eigenvalue weighted by atomic mass is 35.5. The zero-order chi connectivity index (χ0) is 14.7. The number of hydrogen-bond acceptors (Lipinski definition) is 2. The summed E-state index contributed by atoms with van der Waals surface area (Å²) in [5.74, 6) is 0.933. The van der Waals surface area contributed by atoms with Crippen molar-refractivity contribution in [3.8, 4) is 0 Å². The minimum absolute atomic E-state index is 0.108. The zero-order valence-electron chi connectivity index (χ0n) is 11.5. The van der Waals surface area contributed by atoms with Gasteiger partial charge in [0.2, 0.25) is 0 Å². The van der Waals surface area contributed by atoms with Crippen LogP contribution < -0.4 is 5.32 Å². The number of halogens is 1. The number of carbonyl (C=O) groups excluding carboxylic acids is 1. The lowest BCUT2D eigenvalue weighted by Crippen LogP contribution is -2.33. The Morgan fingerprint density at radius 3 is 2.76 bits per heavy atom. The first-order valence-electron chi connectivity index (χ1n) is 6.95. The van der Waals surface area contributed by atoms with Crippen LogP contribution in [-0.2, 0) is 0 Å². The van der Waals surface area contributed by atoms with Gasteiger partial charge in [-0.25, -0.2) is 9.78 Å². The van der Waals surface area contributed by atoms with Gasteiger partial charge in [0, 0.05) is 25.2 Å². The Labute approximate surface area is 128 Å². The summed E-state index contributed by atoms with van der Waals surface area (Å²) in [5, 5.41) is 3.35. The second-order valence-corrected chi connectivity index (χ2v) is 5.57. The summed E-state index contributed by atoms with van der Waals surface area (Å²) in [6.07, 6.45) is 2.51. The fourth-order valence-electron chi connectivity index (χ4n) is 2.58. The molecule has 2 amide bonds. The first-order chi connectivity index (χ1) is 10.2. The molecule has 1 aliphatic heterocycles. The number of aromatic nitrogens is 1. The highest BCUT2D eigenvalue weighted by Crippen LogP contribution is 2.27. The number of hydrogen-bond donors (Lipinski definition) is 1. The van der Waals surface area contributed by atoms with Crippen LogP contribution in [0.2, 0.25) is 5.02 Å². The molecule has 1 aromatic heterocycles. The summed E-state index contributed by atoms with van der Waals surface area (Å²) in [5.41, 5.74) is 1.29. The molecule has 21 heavy (non-hydrogen) atoms. The van der Waals surface area contributed by atoms with E-state index in [4.69, 9.17) is 11.6 Å². The first kappa shape index (κ1) is 13.9. The minimum atomic E-state index is -0.108. The number of rotatable bonds is 2. The molecule has 0 unspecified atom stereocenters. The lowest BCUT2D eigenvalue weighted by molar-refractivity contribution is 0.222. The van der Waals surface area contributed by atoms with Crippen LogP contribution in [0.25, 0.3) is 0 Å². The molecular weight excluding hydrogens is 286 g/mol. The number of nitrogens with zero attached hydrogens (tertiary/aromatic N) is 2. The summed E-state index contributed by atoms with van der Waals surface area (Å²) in [6.45, 7) is 1.50. The largest absolute Gasteiger partial charge is 0.324 e. The van der Waals surface area contributed by atoms with Gasteiger partial charge in [0.05, 0.1) is 5.02 Å². The molecular formula is C16H16ClN3O. The topological polar surface area (TPSA) is 45.2 Å². The fraction of sp³-hybridized carbons (Fsp3) is 0.250. The molecule has 2 heterocycles. The van der Waals surface area contributed by atoms with Crippen molar-refractivity contribution in [2.24, 2.45) is 0 Å². The summed E-state index contributed by atoms with van der Waals surface area (Å²) in [7, 11) is 0. The van der Waals surface area contributed by atoms with E-state index in [2.05, 4.69) is 22.4 Å². The lowest BCUT2D eigenvalue weighted by Gasteiger charge is -2.17. The number of carbonyl (C=O) groups is 1. The maximum absolute atomic E-state index is 12.2. The standard InChI is InChI=1S/C16H16ClN3O/c17-14-6-7-15(18-10-14)19-16(21)20-9-8-13(11-20)12-4-2-1-3-5-12/h1-7,10,13H,8-9,11H2,(H,18,19,21)/t13-/m0/s1. The summed E-state index contributed by atoms with van der Waals surface area (Å²) >= 11 is 5.78. The van der Waals surface area contributed by atoms with Crippen molar-refractivity contribution in [3.63, 3.8) is 0 Å². The van der Waals surface area contributed by atoms with Gasteiger partial charge in [0.25, 0.3) is 0 Å². The van der Waals surface area contributed by atoms with Gasteiger partial charge >= 0.3 is 6.03 Å². The van der Waals surface area contributed by atoms with Crippen molar-refractivity contribution < 1.29 is 4.79 Å². The maximum atomic E-state index is 12.2. The van der Waals surface area contributed by atoms with E-state index in [0.717, 1.165) is 19.5 Å². The molecule has 3 rings (SSSR count). The van der Waals surface area contributed by atoms with Gasteiger partial charge in [-0.3, -0.25) is 5.32 Å².